The van der Waals surface area contributed by atoms with Gasteiger partial charge in [-0.25, -0.2) is 9.97 Å². The first-order valence-electron chi connectivity index (χ1n) is 13.7. The topological polar surface area (TPSA) is 385 Å². The van der Waals surface area contributed by atoms with Crippen LogP contribution in [-0.2, 0) is 41.2 Å². The predicted octanol–water partition coefficient (Wildman–Crippen LogP) is -4.08. The van der Waals surface area contributed by atoms with Gasteiger partial charge >= 0.3 is 8.60 Å². The molecule has 0 radical (unpaired) electrons. The number of phosphoric ester groups is 2. The standard InChI is InChI=1S/C20H25N10O16P3/c21-19-25-13-7(15(32)27-19)23-3-29(13)17-9(31)10-5(42-17)1-40-49(38,39)46-11-6(2-41-48(36,37)45-10)43-18(12(11)44-47(34)35)30-4-24-8-14(30)26-20(22)28-16(8)33/h3-6,9-12,17-18,31,34-35H,1-2H2,(H,36,37)(H,38,39)(H3,21,25,27,32)(H3,22,26,28,33)/p-2/t5-,6-,9-,10?,11?,12-,17+,18+/m0/s1. The van der Waals surface area contributed by atoms with Crippen LogP contribution in [0.3, 0.4) is 0 Å². The molecule has 3 aliphatic rings. The number of aromatic nitrogens is 8. The number of nitrogens with zero attached hydrogens (tertiary/aromatic N) is 6. The smallest absolute Gasteiger partial charge is 0.327 e. The Morgan fingerprint density at radius 1 is 0.857 bits per heavy atom. The summed E-state index contributed by atoms with van der Waals surface area (Å²) in [5, 5.41) is 11.1. The second-order valence-corrected chi connectivity index (χ2v) is 14.1. The fourth-order valence-electron chi connectivity index (χ4n) is 5.58. The van der Waals surface area contributed by atoms with Crippen molar-refractivity contribution in [2.75, 3.05) is 24.7 Å². The van der Waals surface area contributed by atoms with Crippen molar-refractivity contribution in [2.45, 2.75) is 49.1 Å². The predicted molar refractivity (Wildman–Crippen MR) is 152 cm³/mol. The lowest BCUT2D eigenvalue weighted by Crippen LogP contribution is -2.41. The minimum absolute atomic E-state index is 0.172. The van der Waals surface area contributed by atoms with E-state index < -0.39 is 97.7 Å². The third-order valence-corrected chi connectivity index (χ3v) is 9.92. The van der Waals surface area contributed by atoms with Crippen LogP contribution < -0.4 is 32.4 Å². The monoisotopic (exact) mass is 752 g/mol. The molecule has 0 spiro atoms. The second kappa shape index (κ2) is 12.5. The lowest BCUT2D eigenvalue weighted by Gasteiger charge is -2.35. The minimum Gasteiger partial charge on any atom is -0.756 e. The molecule has 26 nitrogen and oxygen atoms in total. The number of nitrogen functional groups attached to an aromatic ring is 2. The van der Waals surface area contributed by atoms with Crippen molar-refractivity contribution < 1.29 is 65.9 Å². The molecule has 9 N–H and O–H groups in total. The van der Waals surface area contributed by atoms with Gasteiger partial charge < -0.3 is 68.2 Å². The van der Waals surface area contributed by atoms with Crippen LogP contribution in [0, 0.1) is 0 Å². The highest BCUT2D eigenvalue weighted by Crippen LogP contribution is 2.52. The average molecular weight is 752 g/mol. The van der Waals surface area contributed by atoms with E-state index in [9.17, 15) is 43.4 Å². The Hall–Kier alpha value is -3.29. The molecule has 7 rings (SSSR count). The first-order chi connectivity index (χ1) is 23.1. The van der Waals surface area contributed by atoms with Crippen molar-refractivity contribution >= 4 is 58.5 Å². The summed E-state index contributed by atoms with van der Waals surface area (Å²) < 4.78 is 65.4. The lowest BCUT2D eigenvalue weighted by atomic mass is 10.1. The number of fused-ring (bicyclic) bond motifs is 4. The number of aromatic amines is 2. The van der Waals surface area contributed by atoms with E-state index in [-0.39, 0.29) is 34.2 Å². The van der Waals surface area contributed by atoms with Crippen molar-refractivity contribution in [3.63, 3.8) is 0 Å². The van der Waals surface area contributed by atoms with Gasteiger partial charge in [-0.3, -0.25) is 37.8 Å². The Labute approximate surface area is 270 Å². The molecule has 4 aromatic rings. The van der Waals surface area contributed by atoms with Gasteiger partial charge in [0, 0.05) is 0 Å². The number of phosphoric acid groups is 2. The van der Waals surface area contributed by atoms with E-state index in [1.165, 1.54) is 0 Å². The van der Waals surface area contributed by atoms with Gasteiger partial charge in [-0.1, -0.05) is 0 Å². The summed E-state index contributed by atoms with van der Waals surface area (Å²) in [4.78, 5) is 90.5. The summed E-state index contributed by atoms with van der Waals surface area (Å²) in [6.07, 6.45) is -11.9. The van der Waals surface area contributed by atoms with Crippen molar-refractivity contribution in [1.29, 1.82) is 0 Å². The first-order valence-corrected chi connectivity index (χ1v) is 17.8. The van der Waals surface area contributed by atoms with E-state index in [2.05, 4.69) is 29.9 Å². The molecule has 3 saturated heterocycles. The Morgan fingerprint density at radius 2 is 1.33 bits per heavy atom. The molecule has 3 aliphatic heterocycles. The van der Waals surface area contributed by atoms with Crippen LogP contribution in [0.4, 0.5) is 11.9 Å². The Kier molecular flexibility index (Phi) is 8.71. The van der Waals surface area contributed by atoms with Crippen LogP contribution in [0.1, 0.15) is 12.5 Å². The highest BCUT2D eigenvalue weighted by molar-refractivity contribution is 7.46. The number of ether oxygens (including phenoxy) is 2. The molecule has 0 saturated carbocycles. The number of nitrogens with two attached hydrogens (primary N) is 2. The maximum absolute atomic E-state index is 13.2. The van der Waals surface area contributed by atoms with Gasteiger partial charge in [0.15, 0.2) is 34.8 Å². The van der Waals surface area contributed by atoms with Gasteiger partial charge in [0.25, 0.3) is 26.8 Å². The molecule has 266 valence electrons. The molecule has 0 bridgehead atoms. The molecule has 4 unspecified atom stereocenters. The fourth-order valence-corrected chi connectivity index (χ4v) is 7.91. The van der Waals surface area contributed by atoms with Gasteiger partial charge in [-0.05, 0) is 0 Å². The van der Waals surface area contributed by atoms with E-state index >= 15 is 0 Å². The fraction of sp³-hybridized carbons (Fsp3) is 0.500. The van der Waals surface area contributed by atoms with E-state index in [0.29, 0.717) is 0 Å². The minimum atomic E-state index is -5.48. The molecular weight excluding hydrogens is 729 g/mol. The van der Waals surface area contributed by atoms with Gasteiger partial charge in [0.1, 0.15) is 36.6 Å². The van der Waals surface area contributed by atoms with Crippen molar-refractivity contribution in [2.24, 2.45) is 0 Å². The zero-order valence-corrected chi connectivity index (χ0v) is 26.7. The highest BCUT2D eigenvalue weighted by Gasteiger charge is 2.53. The number of aliphatic hydroxyl groups excluding tert-OH is 1. The molecule has 49 heavy (non-hydrogen) atoms. The van der Waals surface area contributed by atoms with Gasteiger partial charge in [0.05, 0.1) is 25.9 Å². The Balaban J connectivity index is 1.21. The summed E-state index contributed by atoms with van der Waals surface area (Å²) in [5.74, 6) is -0.663. The van der Waals surface area contributed by atoms with Gasteiger partial charge in [0.2, 0.25) is 11.9 Å². The lowest BCUT2D eigenvalue weighted by molar-refractivity contribution is -0.244. The molecule has 0 amide bonds. The molecule has 3 fully saturated rings. The largest absolute Gasteiger partial charge is 0.756 e. The summed E-state index contributed by atoms with van der Waals surface area (Å²) in [7, 11) is -14.2. The molecule has 0 aliphatic carbocycles. The zero-order chi connectivity index (χ0) is 35.0. The first kappa shape index (κ1) is 34.2. The van der Waals surface area contributed by atoms with Gasteiger partial charge in [-0.15, -0.1) is 0 Å². The maximum atomic E-state index is 13.2. The summed E-state index contributed by atoms with van der Waals surface area (Å²) >= 11 is 0. The third-order valence-electron chi connectivity index (χ3n) is 7.56. The summed E-state index contributed by atoms with van der Waals surface area (Å²) in [6, 6.07) is 0. The number of imidazole rings is 2. The molecule has 0 aromatic carbocycles. The second-order valence-electron chi connectivity index (χ2n) is 10.6. The molecule has 29 heteroatoms. The van der Waals surface area contributed by atoms with Crippen LogP contribution >= 0.6 is 24.2 Å². The number of rotatable bonds is 4. The number of nitrogens with one attached hydrogen (secondary N) is 2. The third kappa shape index (κ3) is 6.42. The highest BCUT2D eigenvalue weighted by atomic mass is 31.2. The van der Waals surface area contributed by atoms with E-state index in [1.54, 1.807) is 0 Å². The van der Waals surface area contributed by atoms with Gasteiger partial charge in [-0.2, -0.15) is 9.97 Å². The Bertz CT molecular complexity index is 2120. The zero-order valence-electron chi connectivity index (χ0n) is 24.0. The molecule has 10 atom stereocenters. The quantitative estimate of drug-likeness (QED) is 0.0974. The average Bonchev–Trinajstić information content (AvgIpc) is 3.76. The Morgan fingerprint density at radius 3 is 1.86 bits per heavy atom. The maximum Gasteiger partial charge on any atom is 0.327 e. The molecular formula is C20H23N10O16P3-2. The number of aliphatic hydroxyl groups is 1. The number of hydrogen-bond acceptors (Lipinski definition) is 22. The van der Waals surface area contributed by atoms with Crippen LogP contribution in [0.2, 0.25) is 0 Å². The van der Waals surface area contributed by atoms with E-state index in [0.717, 1.165) is 21.8 Å². The number of anilines is 2. The molecule has 4 aromatic heterocycles. The van der Waals surface area contributed by atoms with Crippen LogP contribution in [0.5, 0.6) is 0 Å². The number of hydrogen-bond donors (Lipinski definition) is 7. The summed E-state index contributed by atoms with van der Waals surface area (Å²) in [6.45, 7) is -2.05. The number of H-pyrrole nitrogens is 2. The SMILES string of the molecule is Nc1nc2c(ncn2[C@@H]2O[C@H]3COP(=O)([O-])OC4[C@H](COP(=O)([O-])OC3[C@@H]2O)O[C@@H](n2cnc3c(=O)[nH]c(N)nc32)[C@H]4OP(O)O)c(=O)[nH]1. The van der Waals surface area contributed by atoms with E-state index in [4.69, 9.17) is 43.6 Å². The van der Waals surface area contributed by atoms with Crippen molar-refractivity contribution in [3.8, 4) is 0 Å². The van der Waals surface area contributed by atoms with Crippen LogP contribution in [-0.4, -0.2) is 104 Å². The van der Waals surface area contributed by atoms with Crippen molar-refractivity contribution in [3.05, 3.63) is 33.4 Å². The summed E-state index contributed by atoms with van der Waals surface area (Å²) in [5.41, 5.74) is 8.93. The normalized spacial score (nSPS) is 35.7. The van der Waals surface area contributed by atoms with E-state index in [1.807, 2.05) is 0 Å². The van der Waals surface area contributed by atoms with Crippen LogP contribution in [0.15, 0.2) is 22.2 Å². The van der Waals surface area contributed by atoms with Crippen LogP contribution in [0.25, 0.3) is 22.3 Å². The molecule has 7 heterocycles. The van der Waals surface area contributed by atoms with Crippen molar-refractivity contribution in [1.82, 2.24) is 39.0 Å².